The Morgan fingerprint density at radius 3 is 2.72 bits per heavy atom. The number of thiazole rings is 1. The standard InChI is InChI=1S/C14H17NO2S/c1-9(2)17-12-6-4-5-11(7-12)13(16)14-10(3)15-8-18-14/h4-9,13,16H,1-3H3. The number of hydrogen-bond acceptors (Lipinski definition) is 4. The smallest absolute Gasteiger partial charge is 0.120 e. The van der Waals surface area contributed by atoms with Crippen LogP contribution in [0.4, 0.5) is 0 Å². The first-order valence-electron chi connectivity index (χ1n) is 5.92. The molecule has 1 aromatic carbocycles. The molecule has 2 aromatic rings. The molecule has 18 heavy (non-hydrogen) atoms. The van der Waals surface area contributed by atoms with Gasteiger partial charge < -0.3 is 9.84 Å². The third kappa shape index (κ3) is 2.89. The van der Waals surface area contributed by atoms with Crippen LogP contribution >= 0.6 is 11.3 Å². The first kappa shape index (κ1) is 13.1. The van der Waals surface area contributed by atoms with Gasteiger partial charge in [-0.05, 0) is 38.5 Å². The van der Waals surface area contributed by atoms with Gasteiger partial charge in [-0.15, -0.1) is 11.3 Å². The van der Waals surface area contributed by atoms with Crippen molar-refractivity contribution in [2.75, 3.05) is 0 Å². The number of aromatic nitrogens is 1. The quantitative estimate of drug-likeness (QED) is 0.920. The average molecular weight is 263 g/mol. The predicted octanol–water partition coefficient (Wildman–Crippen LogP) is 3.32. The number of nitrogens with zero attached hydrogens (tertiary/aromatic N) is 1. The van der Waals surface area contributed by atoms with Crippen LogP contribution in [-0.4, -0.2) is 16.2 Å². The molecule has 0 saturated heterocycles. The fourth-order valence-corrected chi connectivity index (χ4v) is 2.57. The molecular formula is C14H17NO2S. The molecule has 0 fully saturated rings. The first-order valence-corrected chi connectivity index (χ1v) is 6.80. The number of aliphatic hydroxyl groups is 1. The Hall–Kier alpha value is -1.39. The molecule has 1 heterocycles. The molecule has 0 bridgehead atoms. The number of rotatable bonds is 4. The van der Waals surface area contributed by atoms with Gasteiger partial charge >= 0.3 is 0 Å². The van der Waals surface area contributed by atoms with Crippen LogP contribution in [0.1, 0.15) is 36.1 Å². The maximum Gasteiger partial charge on any atom is 0.120 e. The second kappa shape index (κ2) is 5.50. The summed E-state index contributed by atoms with van der Waals surface area (Å²) in [6.45, 7) is 5.87. The number of ether oxygens (including phenoxy) is 1. The Morgan fingerprint density at radius 1 is 1.33 bits per heavy atom. The highest BCUT2D eigenvalue weighted by Gasteiger charge is 2.15. The van der Waals surface area contributed by atoms with Crippen molar-refractivity contribution in [1.82, 2.24) is 4.98 Å². The van der Waals surface area contributed by atoms with Gasteiger partial charge in [-0.1, -0.05) is 12.1 Å². The lowest BCUT2D eigenvalue weighted by Crippen LogP contribution is -2.06. The third-order valence-corrected chi connectivity index (χ3v) is 3.56. The van der Waals surface area contributed by atoms with Crippen LogP contribution in [0.2, 0.25) is 0 Å². The summed E-state index contributed by atoms with van der Waals surface area (Å²) >= 11 is 1.47. The van der Waals surface area contributed by atoms with Gasteiger partial charge in [-0.3, -0.25) is 0 Å². The molecule has 1 N–H and O–H groups in total. The second-order valence-corrected chi connectivity index (χ2v) is 5.33. The zero-order valence-corrected chi connectivity index (χ0v) is 11.6. The normalized spacial score (nSPS) is 12.7. The first-order chi connectivity index (χ1) is 8.58. The zero-order chi connectivity index (χ0) is 13.1. The molecule has 0 saturated carbocycles. The summed E-state index contributed by atoms with van der Waals surface area (Å²) < 4.78 is 5.63. The van der Waals surface area contributed by atoms with Crippen LogP contribution in [0, 0.1) is 6.92 Å². The van der Waals surface area contributed by atoms with E-state index in [1.165, 1.54) is 11.3 Å². The van der Waals surface area contributed by atoms with E-state index in [1.54, 1.807) is 5.51 Å². The summed E-state index contributed by atoms with van der Waals surface area (Å²) in [4.78, 5) is 5.05. The number of benzene rings is 1. The van der Waals surface area contributed by atoms with Gasteiger partial charge in [0.05, 0.1) is 22.2 Å². The monoisotopic (exact) mass is 263 g/mol. The van der Waals surface area contributed by atoms with Crippen molar-refractivity contribution in [3.8, 4) is 5.75 Å². The maximum absolute atomic E-state index is 10.3. The van der Waals surface area contributed by atoms with E-state index >= 15 is 0 Å². The molecule has 4 heteroatoms. The van der Waals surface area contributed by atoms with E-state index in [2.05, 4.69) is 4.98 Å². The lowest BCUT2D eigenvalue weighted by atomic mass is 10.1. The minimum absolute atomic E-state index is 0.127. The molecule has 0 aliphatic carbocycles. The summed E-state index contributed by atoms with van der Waals surface area (Å²) in [6, 6.07) is 7.57. The lowest BCUT2D eigenvalue weighted by molar-refractivity contribution is 0.219. The fraction of sp³-hybridized carbons (Fsp3) is 0.357. The summed E-state index contributed by atoms with van der Waals surface area (Å²) in [7, 11) is 0. The van der Waals surface area contributed by atoms with Crippen molar-refractivity contribution in [2.45, 2.75) is 33.0 Å². The highest BCUT2D eigenvalue weighted by Crippen LogP contribution is 2.29. The molecule has 0 amide bonds. The Bertz CT molecular complexity index is 522. The number of hydrogen-bond donors (Lipinski definition) is 1. The van der Waals surface area contributed by atoms with Crippen LogP contribution in [0.3, 0.4) is 0 Å². The summed E-state index contributed by atoms with van der Waals surface area (Å²) in [5, 5.41) is 10.3. The van der Waals surface area contributed by atoms with Gasteiger partial charge in [0.1, 0.15) is 11.9 Å². The maximum atomic E-state index is 10.3. The zero-order valence-electron chi connectivity index (χ0n) is 10.8. The van der Waals surface area contributed by atoms with Crippen molar-refractivity contribution < 1.29 is 9.84 Å². The molecule has 0 aliphatic heterocycles. The van der Waals surface area contributed by atoms with Crippen LogP contribution in [0.25, 0.3) is 0 Å². The topological polar surface area (TPSA) is 42.4 Å². The largest absolute Gasteiger partial charge is 0.491 e. The minimum Gasteiger partial charge on any atom is -0.491 e. The Labute approximate surface area is 111 Å². The van der Waals surface area contributed by atoms with E-state index < -0.39 is 6.10 Å². The van der Waals surface area contributed by atoms with Crippen LogP contribution in [0.5, 0.6) is 5.75 Å². The van der Waals surface area contributed by atoms with Gasteiger partial charge in [0.15, 0.2) is 0 Å². The molecule has 0 radical (unpaired) electrons. The van der Waals surface area contributed by atoms with Crippen LogP contribution in [0.15, 0.2) is 29.8 Å². The molecule has 0 aliphatic rings. The number of aryl methyl sites for hydroxylation is 1. The lowest BCUT2D eigenvalue weighted by Gasteiger charge is -2.14. The Morgan fingerprint density at radius 2 is 2.11 bits per heavy atom. The summed E-state index contributed by atoms with van der Waals surface area (Å²) in [5.74, 6) is 0.781. The molecule has 1 unspecified atom stereocenters. The van der Waals surface area contributed by atoms with Crippen LogP contribution < -0.4 is 4.74 Å². The van der Waals surface area contributed by atoms with E-state index in [0.717, 1.165) is 21.9 Å². The predicted molar refractivity (Wildman–Crippen MR) is 73.1 cm³/mol. The molecule has 1 atom stereocenters. The van der Waals surface area contributed by atoms with E-state index in [4.69, 9.17) is 4.74 Å². The molecule has 96 valence electrons. The highest BCUT2D eigenvalue weighted by atomic mass is 32.1. The third-order valence-electron chi connectivity index (χ3n) is 2.58. The number of aliphatic hydroxyl groups excluding tert-OH is 1. The molecule has 1 aromatic heterocycles. The van der Waals surface area contributed by atoms with E-state index in [1.807, 2.05) is 45.0 Å². The van der Waals surface area contributed by atoms with Gasteiger partial charge in [0.2, 0.25) is 0 Å². The summed E-state index contributed by atoms with van der Waals surface area (Å²) in [6.07, 6.45) is -0.504. The SMILES string of the molecule is Cc1ncsc1C(O)c1cccc(OC(C)C)c1. The highest BCUT2D eigenvalue weighted by molar-refractivity contribution is 7.09. The van der Waals surface area contributed by atoms with Gasteiger partial charge in [0, 0.05) is 0 Å². The molecule has 0 spiro atoms. The average Bonchev–Trinajstić information content (AvgIpc) is 2.74. The van der Waals surface area contributed by atoms with Gasteiger partial charge in [-0.25, -0.2) is 4.98 Å². The van der Waals surface area contributed by atoms with Crippen molar-refractivity contribution in [3.63, 3.8) is 0 Å². The van der Waals surface area contributed by atoms with Crippen molar-refractivity contribution in [3.05, 3.63) is 45.9 Å². The van der Waals surface area contributed by atoms with Gasteiger partial charge in [-0.2, -0.15) is 0 Å². The Balaban J connectivity index is 2.25. The van der Waals surface area contributed by atoms with Crippen LogP contribution in [-0.2, 0) is 0 Å². The molecule has 2 rings (SSSR count). The minimum atomic E-state index is -0.631. The van der Waals surface area contributed by atoms with E-state index in [-0.39, 0.29) is 6.10 Å². The van der Waals surface area contributed by atoms with Gasteiger partial charge in [0.25, 0.3) is 0 Å². The molecule has 3 nitrogen and oxygen atoms in total. The van der Waals surface area contributed by atoms with Crippen molar-refractivity contribution >= 4 is 11.3 Å². The molecular weight excluding hydrogens is 246 g/mol. The van der Waals surface area contributed by atoms with Crippen molar-refractivity contribution in [2.24, 2.45) is 0 Å². The van der Waals surface area contributed by atoms with Crippen molar-refractivity contribution in [1.29, 1.82) is 0 Å². The summed E-state index contributed by atoms with van der Waals surface area (Å²) in [5.41, 5.74) is 3.46. The second-order valence-electron chi connectivity index (χ2n) is 4.44. The van der Waals surface area contributed by atoms with E-state index in [0.29, 0.717) is 0 Å². The van der Waals surface area contributed by atoms with E-state index in [9.17, 15) is 5.11 Å². The fourth-order valence-electron chi connectivity index (χ4n) is 1.75. The Kier molecular flexibility index (Phi) is 3.99.